The van der Waals surface area contributed by atoms with Gasteiger partial charge in [-0.3, -0.25) is 14.4 Å². The zero-order valence-electron chi connectivity index (χ0n) is 11.6. The number of primary amides is 1. The third-order valence-electron chi connectivity index (χ3n) is 2.52. The molecule has 0 aliphatic rings. The molecule has 3 amide bonds. The van der Waals surface area contributed by atoms with Crippen molar-refractivity contribution in [1.82, 2.24) is 10.6 Å². The van der Waals surface area contributed by atoms with Gasteiger partial charge in [-0.15, -0.1) is 0 Å². The minimum Gasteiger partial charge on any atom is -0.366 e. The lowest BCUT2D eigenvalue weighted by molar-refractivity contribution is -0.121. The summed E-state index contributed by atoms with van der Waals surface area (Å²) >= 11 is 0. The predicted molar refractivity (Wildman–Crippen MR) is 75.2 cm³/mol. The van der Waals surface area contributed by atoms with Crippen molar-refractivity contribution >= 4 is 17.7 Å². The van der Waals surface area contributed by atoms with E-state index in [0.717, 1.165) is 0 Å². The summed E-state index contributed by atoms with van der Waals surface area (Å²) in [6, 6.07) is 6.10. The molecule has 0 heterocycles. The van der Waals surface area contributed by atoms with Crippen molar-refractivity contribution in [1.29, 1.82) is 0 Å². The number of nitrogens with two attached hydrogens (primary N) is 1. The second-order valence-corrected chi connectivity index (χ2v) is 4.67. The van der Waals surface area contributed by atoms with E-state index in [1.807, 2.05) is 13.8 Å². The van der Waals surface area contributed by atoms with Gasteiger partial charge in [0.1, 0.15) is 0 Å². The van der Waals surface area contributed by atoms with E-state index >= 15 is 0 Å². The number of hydrogen-bond donors (Lipinski definition) is 3. The van der Waals surface area contributed by atoms with Crippen LogP contribution in [0.2, 0.25) is 0 Å². The summed E-state index contributed by atoms with van der Waals surface area (Å²) in [7, 11) is 0. The maximum atomic E-state index is 11.8. The van der Waals surface area contributed by atoms with Crippen LogP contribution < -0.4 is 16.4 Å². The van der Waals surface area contributed by atoms with Crippen LogP contribution in [0.15, 0.2) is 24.3 Å². The van der Waals surface area contributed by atoms with Crippen LogP contribution in [0.3, 0.4) is 0 Å². The van der Waals surface area contributed by atoms with Crippen molar-refractivity contribution in [2.24, 2.45) is 5.73 Å². The first-order chi connectivity index (χ1) is 9.40. The largest absolute Gasteiger partial charge is 0.366 e. The lowest BCUT2D eigenvalue weighted by Gasteiger charge is -2.09. The van der Waals surface area contributed by atoms with E-state index in [9.17, 15) is 14.4 Å². The van der Waals surface area contributed by atoms with Crippen LogP contribution in [0.1, 0.15) is 41.0 Å². The highest BCUT2D eigenvalue weighted by atomic mass is 16.2. The van der Waals surface area contributed by atoms with Gasteiger partial charge >= 0.3 is 0 Å². The Morgan fingerprint density at radius 3 is 2.15 bits per heavy atom. The van der Waals surface area contributed by atoms with Gasteiger partial charge in [-0.05, 0) is 38.1 Å². The molecule has 6 heteroatoms. The highest BCUT2D eigenvalue weighted by Gasteiger charge is 2.08. The number of hydrogen-bond acceptors (Lipinski definition) is 3. The molecular weight excluding hydrogens is 258 g/mol. The summed E-state index contributed by atoms with van der Waals surface area (Å²) in [5.41, 5.74) is 5.87. The molecule has 20 heavy (non-hydrogen) atoms. The number of nitrogens with one attached hydrogen (secondary N) is 2. The van der Waals surface area contributed by atoms with E-state index in [1.54, 1.807) is 0 Å². The fourth-order valence-corrected chi connectivity index (χ4v) is 1.57. The van der Waals surface area contributed by atoms with E-state index in [1.165, 1.54) is 24.3 Å². The van der Waals surface area contributed by atoms with E-state index in [-0.39, 0.29) is 30.8 Å². The molecule has 4 N–H and O–H groups in total. The van der Waals surface area contributed by atoms with Crippen LogP contribution in [0.4, 0.5) is 0 Å². The van der Waals surface area contributed by atoms with Crippen LogP contribution in [0, 0.1) is 0 Å². The quantitative estimate of drug-likeness (QED) is 0.702. The normalized spacial score (nSPS) is 10.2. The summed E-state index contributed by atoms with van der Waals surface area (Å²) < 4.78 is 0. The van der Waals surface area contributed by atoms with E-state index in [2.05, 4.69) is 10.6 Å². The van der Waals surface area contributed by atoms with Crippen molar-refractivity contribution in [3.63, 3.8) is 0 Å². The van der Waals surface area contributed by atoms with Crippen LogP contribution >= 0.6 is 0 Å². The van der Waals surface area contributed by atoms with E-state index in [0.29, 0.717) is 11.1 Å². The zero-order chi connectivity index (χ0) is 15.1. The Hall–Kier alpha value is -2.37. The molecule has 0 unspecified atom stereocenters. The molecule has 0 aliphatic heterocycles. The van der Waals surface area contributed by atoms with Gasteiger partial charge in [-0.1, -0.05) is 0 Å². The van der Waals surface area contributed by atoms with Crippen molar-refractivity contribution in [3.8, 4) is 0 Å². The van der Waals surface area contributed by atoms with E-state index in [4.69, 9.17) is 5.73 Å². The summed E-state index contributed by atoms with van der Waals surface area (Å²) in [4.78, 5) is 34.0. The molecule has 0 radical (unpaired) electrons. The van der Waals surface area contributed by atoms with Crippen LogP contribution in [0.5, 0.6) is 0 Å². The third-order valence-corrected chi connectivity index (χ3v) is 2.52. The molecule has 0 aromatic heterocycles. The molecule has 0 bridgehead atoms. The second kappa shape index (κ2) is 7.28. The Balaban J connectivity index is 2.43. The number of carbonyl (C=O) groups is 3. The highest BCUT2D eigenvalue weighted by Crippen LogP contribution is 2.03. The maximum Gasteiger partial charge on any atom is 0.251 e. The summed E-state index contributed by atoms with van der Waals surface area (Å²) in [5, 5.41) is 5.37. The molecule has 0 saturated heterocycles. The first kappa shape index (κ1) is 15.7. The monoisotopic (exact) mass is 277 g/mol. The molecule has 0 atom stereocenters. The molecule has 1 rings (SSSR count). The Morgan fingerprint density at radius 2 is 1.65 bits per heavy atom. The standard InChI is InChI=1S/C14H19N3O3/c1-9(2)17-12(18)7-8-16-14(20)11-5-3-10(4-6-11)13(15)19/h3-6,9H,7-8H2,1-2H3,(H2,15,19)(H,16,20)(H,17,18). The minimum absolute atomic E-state index is 0.0829. The van der Waals surface area contributed by atoms with Crippen molar-refractivity contribution in [2.75, 3.05) is 6.54 Å². The SMILES string of the molecule is CC(C)NC(=O)CCNC(=O)c1ccc(C(N)=O)cc1. The van der Waals surface area contributed by atoms with Gasteiger partial charge in [0.05, 0.1) is 0 Å². The molecular formula is C14H19N3O3. The average Bonchev–Trinajstić information content (AvgIpc) is 2.37. The number of carbonyl (C=O) groups excluding carboxylic acids is 3. The molecule has 0 aliphatic carbocycles. The zero-order valence-corrected chi connectivity index (χ0v) is 11.6. The first-order valence-corrected chi connectivity index (χ1v) is 6.37. The number of benzene rings is 1. The fourth-order valence-electron chi connectivity index (χ4n) is 1.57. The molecule has 6 nitrogen and oxygen atoms in total. The predicted octanol–water partition coefficient (Wildman–Crippen LogP) is 0.430. The summed E-state index contributed by atoms with van der Waals surface area (Å²) in [5.74, 6) is -0.940. The van der Waals surface area contributed by atoms with Gasteiger partial charge in [0, 0.05) is 30.1 Å². The van der Waals surface area contributed by atoms with Gasteiger partial charge in [0.15, 0.2) is 0 Å². The topological polar surface area (TPSA) is 101 Å². The molecule has 0 saturated carbocycles. The molecule has 0 fully saturated rings. The third kappa shape index (κ3) is 5.09. The van der Waals surface area contributed by atoms with Crippen molar-refractivity contribution in [2.45, 2.75) is 26.3 Å². The highest BCUT2D eigenvalue weighted by molar-refractivity contribution is 5.97. The Bertz CT molecular complexity index is 495. The summed E-state index contributed by atoms with van der Waals surface area (Å²) in [6.07, 6.45) is 0.225. The van der Waals surface area contributed by atoms with Gasteiger partial charge in [-0.2, -0.15) is 0 Å². The number of rotatable bonds is 6. The van der Waals surface area contributed by atoms with Crippen LogP contribution in [-0.2, 0) is 4.79 Å². The van der Waals surface area contributed by atoms with Crippen LogP contribution in [0.25, 0.3) is 0 Å². The van der Waals surface area contributed by atoms with Crippen LogP contribution in [-0.4, -0.2) is 30.3 Å². The summed E-state index contributed by atoms with van der Waals surface area (Å²) in [6.45, 7) is 4.00. The van der Waals surface area contributed by atoms with Crippen molar-refractivity contribution < 1.29 is 14.4 Å². The molecule has 0 spiro atoms. The lowest BCUT2D eigenvalue weighted by atomic mass is 10.1. The van der Waals surface area contributed by atoms with Gasteiger partial charge in [-0.25, -0.2) is 0 Å². The fraction of sp³-hybridized carbons (Fsp3) is 0.357. The maximum absolute atomic E-state index is 11.8. The van der Waals surface area contributed by atoms with Gasteiger partial charge < -0.3 is 16.4 Å². The number of amides is 3. The van der Waals surface area contributed by atoms with Gasteiger partial charge in [0.25, 0.3) is 5.91 Å². The van der Waals surface area contributed by atoms with E-state index < -0.39 is 5.91 Å². The molecule has 1 aromatic carbocycles. The Kier molecular flexibility index (Phi) is 5.71. The molecule has 108 valence electrons. The second-order valence-electron chi connectivity index (χ2n) is 4.67. The average molecular weight is 277 g/mol. The molecule has 1 aromatic rings. The Morgan fingerprint density at radius 1 is 1.10 bits per heavy atom. The Labute approximate surface area is 117 Å². The van der Waals surface area contributed by atoms with Gasteiger partial charge in [0.2, 0.25) is 11.8 Å². The lowest BCUT2D eigenvalue weighted by Crippen LogP contribution is -2.34. The smallest absolute Gasteiger partial charge is 0.251 e. The first-order valence-electron chi connectivity index (χ1n) is 6.37. The minimum atomic E-state index is -0.540. The van der Waals surface area contributed by atoms with Crippen molar-refractivity contribution in [3.05, 3.63) is 35.4 Å².